The van der Waals surface area contributed by atoms with E-state index in [4.69, 9.17) is 4.74 Å². The van der Waals surface area contributed by atoms with Gasteiger partial charge in [-0.1, -0.05) is 12.1 Å². The molecule has 2 aliphatic rings. The van der Waals surface area contributed by atoms with Crippen LogP contribution in [0, 0.1) is 5.92 Å². The summed E-state index contributed by atoms with van der Waals surface area (Å²) in [6.07, 6.45) is 1.94. The van der Waals surface area contributed by atoms with Crippen LogP contribution >= 0.6 is 0 Å². The third-order valence-corrected chi connectivity index (χ3v) is 5.15. The van der Waals surface area contributed by atoms with E-state index in [0.29, 0.717) is 5.91 Å². The Hall–Kier alpha value is -1.59. The van der Waals surface area contributed by atoms with Crippen molar-refractivity contribution in [1.82, 2.24) is 15.1 Å². The molecule has 126 valence electrons. The number of nitrogens with zero attached hydrogens (tertiary/aromatic N) is 2. The van der Waals surface area contributed by atoms with Crippen molar-refractivity contribution in [2.24, 2.45) is 5.92 Å². The molecule has 1 amide bonds. The van der Waals surface area contributed by atoms with Crippen LogP contribution in [0.2, 0.25) is 0 Å². The van der Waals surface area contributed by atoms with Crippen molar-refractivity contribution in [2.45, 2.75) is 18.9 Å². The number of hydrogen-bond donors (Lipinski definition) is 1. The SMILES string of the molecule is COc1ccc(C2CN(C(=O)C3CCNCC3)CCN2C)cc1. The summed E-state index contributed by atoms with van der Waals surface area (Å²) in [5.41, 5.74) is 1.25. The van der Waals surface area contributed by atoms with E-state index in [1.807, 2.05) is 12.1 Å². The molecule has 0 bridgehead atoms. The zero-order valence-corrected chi connectivity index (χ0v) is 14.1. The lowest BCUT2D eigenvalue weighted by Crippen LogP contribution is -2.51. The summed E-state index contributed by atoms with van der Waals surface area (Å²) in [7, 11) is 3.82. The molecule has 1 N–H and O–H groups in total. The molecule has 2 aliphatic heterocycles. The molecule has 1 unspecified atom stereocenters. The fourth-order valence-corrected chi connectivity index (χ4v) is 3.59. The lowest BCUT2D eigenvalue weighted by molar-refractivity contribution is -0.139. The van der Waals surface area contributed by atoms with Gasteiger partial charge in [-0.15, -0.1) is 0 Å². The molecule has 5 nitrogen and oxygen atoms in total. The van der Waals surface area contributed by atoms with Gasteiger partial charge in [0.1, 0.15) is 5.75 Å². The number of likely N-dealkylation sites (N-methyl/N-ethyl adjacent to an activating group) is 1. The van der Waals surface area contributed by atoms with Crippen molar-refractivity contribution < 1.29 is 9.53 Å². The standard InChI is InChI=1S/C18H27N3O2/c1-20-11-12-21(18(22)15-7-9-19-10-8-15)13-17(20)14-3-5-16(23-2)6-4-14/h3-6,15,17,19H,7-13H2,1-2H3. The molecule has 5 heteroatoms. The maximum Gasteiger partial charge on any atom is 0.225 e. The average molecular weight is 317 g/mol. The van der Waals surface area contributed by atoms with Crippen molar-refractivity contribution in [3.63, 3.8) is 0 Å². The summed E-state index contributed by atoms with van der Waals surface area (Å²) in [6.45, 7) is 4.48. The number of carbonyl (C=O) groups is 1. The largest absolute Gasteiger partial charge is 0.497 e. The van der Waals surface area contributed by atoms with Gasteiger partial charge in [-0.2, -0.15) is 0 Å². The van der Waals surface area contributed by atoms with Gasteiger partial charge in [-0.05, 0) is 50.7 Å². The van der Waals surface area contributed by atoms with Crippen molar-refractivity contribution in [2.75, 3.05) is 46.9 Å². The minimum Gasteiger partial charge on any atom is -0.497 e. The summed E-state index contributed by atoms with van der Waals surface area (Å²) >= 11 is 0. The van der Waals surface area contributed by atoms with Gasteiger partial charge in [-0.3, -0.25) is 9.69 Å². The van der Waals surface area contributed by atoms with Gasteiger partial charge < -0.3 is 15.0 Å². The predicted molar refractivity (Wildman–Crippen MR) is 90.5 cm³/mol. The molecule has 3 rings (SSSR count). The Balaban J connectivity index is 1.69. The van der Waals surface area contributed by atoms with E-state index >= 15 is 0 Å². The summed E-state index contributed by atoms with van der Waals surface area (Å²) in [6, 6.07) is 8.48. The smallest absolute Gasteiger partial charge is 0.225 e. The zero-order chi connectivity index (χ0) is 16.2. The highest BCUT2D eigenvalue weighted by Crippen LogP contribution is 2.27. The van der Waals surface area contributed by atoms with Crippen LogP contribution in [0.25, 0.3) is 0 Å². The van der Waals surface area contributed by atoms with E-state index in [-0.39, 0.29) is 12.0 Å². The van der Waals surface area contributed by atoms with Crippen LogP contribution in [-0.2, 0) is 4.79 Å². The highest BCUT2D eigenvalue weighted by molar-refractivity contribution is 5.79. The van der Waals surface area contributed by atoms with Crippen LogP contribution in [0.4, 0.5) is 0 Å². The molecule has 23 heavy (non-hydrogen) atoms. The molecule has 1 aromatic rings. The van der Waals surface area contributed by atoms with Crippen molar-refractivity contribution in [3.05, 3.63) is 29.8 Å². The molecule has 1 aromatic carbocycles. The maximum atomic E-state index is 12.8. The Bertz CT molecular complexity index is 526. The molecule has 0 saturated carbocycles. The fourth-order valence-electron chi connectivity index (χ4n) is 3.59. The van der Waals surface area contributed by atoms with E-state index in [9.17, 15) is 4.79 Å². The van der Waals surface area contributed by atoms with Gasteiger partial charge >= 0.3 is 0 Å². The van der Waals surface area contributed by atoms with Crippen LogP contribution in [-0.4, -0.2) is 62.6 Å². The average Bonchev–Trinajstić information content (AvgIpc) is 2.62. The first kappa shape index (κ1) is 16.3. The number of piperazine rings is 1. The van der Waals surface area contributed by atoms with E-state index in [2.05, 4.69) is 34.3 Å². The number of nitrogens with one attached hydrogen (secondary N) is 1. The number of carbonyl (C=O) groups excluding carboxylic acids is 1. The van der Waals surface area contributed by atoms with Crippen molar-refractivity contribution in [1.29, 1.82) is 0 Å². The van der Waals surface area contributed by atoms with Crippen LogP contribution < -0.4 is 10.1 Å². The van der Waals surface area contributed by atoms with E-state index < -0.39 is 0 Å². The quantitative estimate of drug-likeness (QED) is 0.918. The molecular formula is C18H27N3O2. The first-order chi connectivity index (χ1) is 11.2. The van der Waals surface area contributed by atoms with Crippen molar-refractivity contribution in [3.8, 4) is 5.75 Å². The Morgan fingerprint density at radius 2 is 1.87 bits per heavy atom. The zero-order valence-electron chi connectivity index (χ0n) is 14.1. The monoisotopic (exact) mass is 317 g/mol. The maximum absolute atomic E-state index is 12.8. The fraction of sp³-hybridized carbons (Fsp3) is 0.611. The molecule has 1 atom stereocenters. The Morgan fingerprint density at radius 3 is 2.52 bits per heavy atom. The molecule has 0 aliphatic carbocycles. The van der Waals surface area contributed by atoms with Gasteiger partial charge in [-0.25, -0.2) is 0 Å². The number of rotatable bonds is 3. The van der Waals surface area contributed by atoms with Crippen LogP contribution in [0.15, 0.2) is 24.3 Å². The third-order valence-electron chi connectivity index (χ3n) is 5.15. The lowest BCUT2D eigenvalue weighted by Gasteiger charge is -2.41. The summed E-state index contributed by atoms with van der Waals surface area (Å²) in [5.74, 6) is 1.42. The van der Waals surface area contributed by atoms with E-state index in [1.54, 1.807) is 7.11 Å². The summed E-state index contributed by atoms with van der Waals surface area (Å²) in [4.78, 5) is 17.2. The highest BCUT2D eigenvalue weighted by atomic mass is 16.5. The number of amides is 1. The first-order valence-corrected chi connectivity index (χ1v) is 8.52. The number of methoxy groups -OCH3 is 1. The second kappa shape index (κ2) is 7.32. The second-order valence-corrected chi connectivity index (χ2v) is 6.58. The lowest BCUT2D eigenvalue weighted by atomic mass is 9.95. The highest BCUT2D eigenvalue weighted by Gasteiger charge is 2.32. The van der Waals surface area contributed by atoms with Crippen LogP contribution in [0.1, 0.15) is 24.4 Å². The van der Waals surface area contributed by atoms with Gasteiger partial charge in [0.2, 0.25) is 5.91 Å². The topological polar surface area (TPSA) is 44.8 Å². The number of ether oxygens (including phenoxy) is 1. The molecule has 0 aromatic heterocycles. The Kier molecular flexibility index (Phi) is 5.18. The van der Waals surface area contributed by atoms with Gasteiger partial charge in [0, 0.05) is 25.6 Å². The van der Waals surface area contributed by atoms with Crippen molar-refractivity contribution >= 4 is 5.91 Å². The van der Waals surface area contributed by atoms with E-state index in [1.165, 1.54) is 5.56 Å². The van der Waals surface area contributed by atoms with Gasteiger partial charge in [0.15, 0.2) is 0 Å². The number of hydrogen-bond acceptors (Lipinski definition) is 4. The van der Waals surface area contributed by atoms with Gasteiger partial charge in [0.05, 0.1) is 13.2 Å². The minimum absolute atomic E-state index is 0.205. The molecule has 0 radical (unpaired) electrons. The summed E-state index contributed by atoms with van der Waals surface area (Å²) in [5, 5.41) is 3.33. The number of piperidine rings is 1. The normalized spacial score (nSPS) is 23.7. The minimum atomic E-state index is 0.205. The molecule has 2 fully saturated rings. The second-order valence-electron chi connectivity index (χ2n) is 6.58. The van der Waals surface area contributed by atoms with Gasteiger partial charge in [0.25, 0.3) is 0 Å². The predicted octanol–water partition coefficient (Wildman–Crippen LogP) is 1.51. The Labute approximate surface area is 138 Å². The third kappa shape index (κ3) is 3.67. The molecule has 2 saturated heterocycles. The Morgan fingerprint density at radius 1 is 1.17 bits per heavy atom. The first-order valence-electron chi connectivity index (χ1n) is 8.52. The van der Waals surface area contributed by atoms with E-state index in [0.717, 1.165) is 51.3 Å². The summed E-state index contributed by atoms with van der Waals surface area (Å²) < 4.78 is 5.24. The number of benzene rings is 1. The van der Waals surface area contributed by atoms with Crippen LogP contribution in [0.5, 0.6) is 5.75 Å². The van der Waals surface area contributed by atoms with Crippen LogP contribution in [0.3, 0.4) is 0 Å². The molecular weight excluding hydrogens is 290 g/mol. The molecule has 0 spiro atoms. The molecule has 2 heterocycles.